The Bertz CT molecular complexity index is 160. The molecule has 6 heteroatoms. The third-order valence-corrected chi connectivity index (χ3v) is 4.72. The molecule has 0 aliphatic carbocycles. The molecule has 0 aliphatic rings. The molecule has 0 aromatic heterocycles. The van der Waals surface area contributed by atoms with Crippen LogP contribution in [0.15, 0.2) is 0 Å². The molecule has 104 valence electrons. The van der Waals surface area contributed by atoms with Gasteiger partial charge in [-0.15, -0.1) is 0 Å². The molecule has 0 radical (unpaired) electrons. The molecule has 0 fully saturated rings. The minimum Gasteiger partial charge on any atom is -0.373 e. The minimum absolute atomic E-state index is 0.409. The average Bonchev–Trinajstić information content (AvgIpc) is 2.30. The van der Waals surface area contributed by atoms with Gasteiger partial charge < -0.3 is 13.3 Å². The molecular weight excluding hydrogens is 246 g/mol. The Morgan fingerprint density at radius 3 is 1.41 bits per heavy atom. The monoisotopic (exact) mass is 270 g/mol. The average molecular weight is 270 g/mol. The molecule has 0 amide bonds. The Labute approximate surface area is 104 Å². The summed E-state index contributed by atoms with van der Waals surface area (Å²) in [6.07, 6.45) is -0.151. The van der Waals surface area contributed by atoms with Crippen LogP contribution in [-0.2, 0) is 13.3 Å². The van der Waals surface area contributed by atoms with Crippen LogP contribution in [0.25, 0.3) is 0 Å². The third-order valence-electron chi connectivity index (χ3n) is 1.98. The lowest BCUT2D eigenvalue weighted by Crippen LogP contribution is -2.48. The number of rotatable bonds is 11. The maximum atomic E-state index is 12.6. The minimum atomic E-state index is -3.17. The van der Waals surface area contributed by atoms with E-state index in [1.807, 2.05) is 20.8 Å². The molecule has 0 aromatic rings. The van der Waals surface area contributed by atoms with E-state index in [2.05, 4.69) is 0 Å². The lowest BCUT2D eigenvalue weighted by molar-refractivity contribution is 0.0405. The van der Waals surface area contributed by atoms with Gasteiger partial charge in [-0.2, -0.15) is 0 Å². The highest BCUT2D eigenvalue weighted by molar-refractivity contribution is 6.60. The van der Waals surface area contributed by atoms with E-state index in [0.29, 0.717) is 19.8 Å². The van der Waals surface area contributed by atoms with Gasteiger partial charge in [0.1, 0.15) is 0 Å². The summed E-state index contributed by atoms with van der Waals surface area (Å²) in [5, 5.41) is 0. The first-order chi connectivity index (χ1) is 8.10. The van der Waals surface area contributed by atoms with Crippen LogP contribution in [0, 0.1) is 0 Å². The van der Waals surface area contributed by atoms with Crippen LogP contribution in [0.1, 0.15) is 40.0 Å². The van der Waals surface area contributed by atoms with Crippen molar-refractivity contribution in [1.29, 1.82) is 0 Å². The molecule has 0 bridgehead atoms. The maximum Gasteiger partial charge on any atom is 0.506 e. The fourth-order valence-corrected chi connectivity index (χ4v) is 3.79. The molecule has 0 heterocycles. The van der Waals surface area contributed by atoms with E-state index in [4.69, 9.17) is 13.3 Å². The van der Waals surface area contributed by atoms with Crippen LogP contribution in [0.2, 0.25) is 6.04 Å². The van der Waals surface area contributed by atoms with Crippen LogP contribution in [0.3, 0.4) is 0 Å². The van der Waals surface area contributed by atoms with Gasteiger partial charge in [-0.3, -0.25) is 0 Å². The summed E-state index contributed by atoms with van der Waals surface area (Å²) in [5.41, 5.74) is 0. The molecule has 0 saturated carbocycles. The second-order valence-electron chi connectivity index (χ2n) is 3.82. The fourth-order valence-electron chi connectivity index (χ4n) is 1.26. The van der Waals surface area contributed by atoms with E-state index in [1.165, 1.54) is 0 Å². The van der Waals surface area contributed by atoms with Crippen molar-refractivity contribution in [1.82, 2.24) is 0 Å². The molecule has 3 nitrogen and oxygen atoms in total. The van der Waals surface area contributed by atoms with E-state index in [-0.39, 0.29) is 0 Å². The van der Waals surface area contributed by atoms with Gasteiger partial charge in [-0.1, -0.05) is 20.8 Å². The van der Waals surface area contributed by atoms with Crippen molar-refractivity contribution in [3.8, 4) is 0 Å². The second-order valence-corrected chi connectivity index (χ2v) is 6.46. The van der Waals surface area contributed by atoms with E-state index in [1.54, 1.807) is 0 Å². The Hall–Kier alpha value is -0.0431. The fraction of sp³-hybridized carbons (Fsp3) is 1.00. The summed E-state index contributed by atoms with van der Waals surface area (Å²) < 4.78 is 41.7. The topological polar surface area (TPSA) is 27.7 Å². The Kier molecular flexibility index (Phi) is 9.91. The Morgan fingerprint density at radius 1 is 0.824 bits per heavy atom. The summed E-state index contributed by atoms with van der Waals surface area (Å²) in [4.78, 5) is 0. The lowest BCUT2D eigenvalue weighted by Gasteiger charge is -2.29. The quantitative estimate of drug-likeness (QED) is 0.538. The van der Waals surface area contributed by atoms with Crippen molar-refractivity contribution in [2.75, 3.05) is 19.8 Å². The molecule has 0 atom stereocenters. The highest BCUT2D eigenvalue weighted by atomic mass is 28.4. The zero-order chi connectivity index (χ0) is 13.1. The highest BCUT2D eigenvalue weighted by Gasteiger charge is 2.44. The van der Waals surface area contributed by atoms with E-state index in [9.17, 15) is 8.78 Å². The molecule has 0 saturated heterocycles. The van der Waals surface area contributed by atoms with E-state index >= 15 is 0 Å². The third kappa shape index (κ3) is 7.80. The number of halogens is 2. The number of hydrogen-bond donors (Lipinski definition) is 0. The van der Waals surface area contributed by atoms with E-state index < -0.39 is 21.3 Å². The van der Waals surface area contributed by atoms with Crippen molar-refractivity contribution in [2.45, 2.75) is 52.5 Å². The van der Waals surface area contributed by atoms with Gasteiger partial charge >= 0.3 is 8.80 Å². The molecule has 0 aromatic carbocycles. The van der Waals surface area contributed by atoms with Gasteiger partial charge in [0.2, 0.25) is 6.43 Å². The molecule has 0 rings (SSSR count). The lowest BCUT2D eigenvalue weighted by atomic mass is 10.5. The summed E-state index contributed by atoms with van der Waals surface area (Å²) >= 11 is 0. The van der Waals surface area contributed by atoms with Gasteiger partial charge in [0, 0.05) is 19.8 Å². The Balaban J connectivity index is 4.51. The largest absolute Gasteiger partial charge is 0.506 e. The van der Waals surface area contributed by atoms with Crippen molar-refractivity contribution < 1.29 is 22.1 Å². The predicted octanol–water partition coefficient (Wildman–Crippen LogP) is 3.47. The van der Waals surface area contributed by atoms with Gasteiger partial charge in [-0.05, 0) is 19.3 Å². The first kappa shape index (κ1) is 17.0. The molecule has 0 unspecified atom stereocenters. The summed E-state index contributed by atoms with van der Waals surface area (Å²) in [7, 11) is -3.17. The molecule has 0 aliphatic heterocycles. The van der Waals surface area contributed by atoms with Crippen molar-refractivity contribution in [2.24, 2.45) is 0 Å². The van der Waals surface area contributed by atoms with Crippen LogP contribution in [0.5, 0.6) is 0 Å². The summed E-state index contributed by atoms with van der Waals surface area (Å²) in [5.74, 6) is 0. The first-order valence-corrected chi connectivity index (χ1v) is 8.23. The Morgan fingerprint density at radius 2 is 1.18 bits per heavy atom. The van der Waals surface area contributed by atoms with Crippen molar-refractivity contribution in [3.05, 3.63) is 0 Å². The van der Waals surface area contributed by atoms with Crippen LogP contribution in [-0.4, -0.2) is 35.1 Å². The van der Waals surface area contributed by atoms with Crippen molar-refractivity contribution in [3.63, 3.8) is 0 Å². The standard InChI is InChI=1S/C11H24F2O3Si/c1-4-7-14-17(10-11(12)13,15-8-5-2)16-9-6-3/h11H,4-10H2,1-3H3. The normalized spacial score (nSPS) is 12.4. The van der Waals surface area contributed by atoms with Crippen molar-refractivity contribution >= 4 is 8.80 Å². The number of hydrogen-bond acceptors (Lipinski definition) is 3. The van der Waals surface area contributed by atoms with Crippen LogP contribution >= 0.6 is 0 Å². The number of alkyl halides is 2. The molecular formula is C11H24F2O3Si. The van der Waals surface area contributed by atoms with Crippen LogP contribution in [0.4, 0.5) is 8.78 Å². The smallest absolute Gasteiger partial charge is 0.373 e. The maximum absolute atomic E-state index is 12.6. The predicted molar refractivity (Wildman–Crippen MR) is 65.3 cm³/mol. The summed E-state index contributed by atoms with van der Waals surface area (Å²) in [6.45, 7) is 7.02. The highest BCUT2D eigenvalue weighted by Crippen LogP contribution is 2.21. The van der Waals surface area contributed by atoms with Crippen LogP contribution < -0.4 is 0 Å². The van der Waals surface area contributed by atoms with E-state index in [0.717, 1.165) is 19.3 Å². The SMILES string of the molecule is CCCO[Si](CC(F)F)(OCCC)OCCC. The first-order valence-electron chi connectivity index (χ1n) is 6.30. The molecule has 0 N–H and O–H groups in total. The van der Waals surface area contributed by atoms with Gasteiger partial charge in [0.05, 0.1) is 6.04 Å². The molecule has 17 heavy (non-hydrogen) atoms. The summed E-state index contributed by atoms with van der Waals surface area (Å²) in [6, 6.07) is -0.410. The van der Waals surface area contributed by atoms with Gasteiger partial charge in [0.25, 0.3) is 0 Å². The molecule has 0 spiro atoms. The van der Waals surface area contributed by atoms with Gasteiger partial charge in [-0.25, -0.2) is 8.78 Å². The second kappa shape index (κ2) is 9.93. The van der Waals surface area contributed by atoms with Gasteiger partial charge in [0.15, 0.2) is 0 Å². The zero-order valence-electron chi connectivity index (χ0n) is 11.0. The zero-order valence-corrected chi connectivity index (χ0v) is 12.0.